The van der Waals surface area contributed by atoms with Gasteiger partial charge in [0, 0.05) is 17.7 Å². The minimum Gasteiger partial charge on any atom is -0.495 e. The monoisotopic (exact) mass is 465 g/mol. The van der Waals surface area contributed by atoms with E-state index in [4.69, 9.17) is 21.1 Å². The number of carboxylic acids is 1. The summed E-state index contributed by atoms with van der Waals surface area (Å²) < 4.78 is 25.6. The Kier molecular flexibility index (Phi) is 6.66. The number of fused-ring (bicyclic) bond motifs is 1. The fraction of sp³-hybridized carbons (Fsp3) is 0.115. The lowest BCUT2D eigenvalue weighted by atomic mass is 10.0. The van der Waals surface area contributed by atoms with Gasteiger partial charge in [-0.15, -0.1) is 0 Å². The first-order valence-corrected chi connectivity index (χ1v) is 10.6. The normalized spacial score (nSPS) is 10.8. The quantitative estimate of drug-likeness (QED) is 0.309. The molecule has 0 bridgehead atoms. The fourth-order valence-electron chi connectivity index (χ4n) is 3.62. The van der Waals surface area contributed by atoms with E-state index in [0.29, 0.717) is 28.8 Å². The molecule has 7 heteroatoms. The molecule has 5 nitrogen and oxygen atoms in total. The summed E-state index contributed by atoms with van der Waals surface area (Å²) in [4.78, 5) is 11.4. The van der Waals surface area contributed by atoms with Crippen LogP contribution < -0.4 is 14.8 Å². The van der Waals surface area contributed by atoms with Gasteiger partial charge in [-0.25, -0.2) is 9.18 Å². The minimum atomic E-state index is -1.03. The summed E-state index contributed by atoms with van der Waals surface area (Å²) in [5, 5.41) is 14.9. The number of anilines is 1. The maximum absolute atomic E-state index is 14.2. The number of hydrogen-bond donors (Lipinski definition) is 2. The third-order valence-electron chi connectivity index (χ3n) is 5.33. The molecule has 168 valence electrons. The molecule has 4 rings (SSSR count). The van der Waals surface area contributed by atoms with Crippen molar-refractivity contribution in [3.63, 3.8) is 0 Å². The summed E-state index contributed by atoms with van der Waals surface area (Å²) in [5.74, 6) is -0.385. The molecule has 0 saturated heterocycles. The highest BCUT2D eigenvalue weighted by Gasteiger charge is 2.14. The molecule has 0 unspecified atom stereocenters. The first-order valence-electron chi connectivity index (χ1n) is 10.2. The second kappa shape index (κ2) is 9.79. The number of carboxylic acid groups (broad SMARTS) is 1. The van der Waals surface area contributed by atoms with Gasteiger partial charge < -0.3 is 19.9 Å². The average molecular weight is 466 g/mol. The number of halogens is 2. The lowest BCUT2D eigenvalue weighted by Gasteiger charge is -2.17. The first-order chi connectivity index (χ1) is 16.0. The SMILES string of the molecule is COc1ccc(C(=O)O)cc1NCc1c(OCc2c(F)cccc2Cl)ccc2ccccc12. The van der Waals surface area contributed by atoms with Crippen LogP contribution in [-0.2, 0) is 13.2 Å². The molecule has 2 N–H and O–H groups in total. The molecule has 4 aromatic carbocycles. The Morgan fingerprint density at radius 2 is 1.79 bits per heavy atom. The number of aromatic carboxylic acids is 1. The molecule has 0 radical (unpaired) electrons. The van der Waals surface area contributed by atoms with E-state index in [0.717, 1.165) is 16.3 Å². The van der Waals surface area contributed by atoms with E-state index in [1.807, 2.05) is 36.4 Å². The third-order valence-corrected chi connectivity index (χ3v) is 5.69. The molecule has 0 amide bonds. The van der Waals surface area contributed by atoms with E-state index in [2.05, 4.69) is 5.32 Å². The largest absolute Gasteiger partial charge is 0.495 e. The molecule has 0 saturated carbocycles. The van der Waals surface area contributed by atoms with Crippen molar-refractivity contribution in [3.05, 3.63) is 100 Å². The number of nitrogens with one attached hydrogen (secondary N) is 1. The summed E-state index contributed by atoms with van der Waals surface area (Å²) in [6, 6.07) is 20.7. The zero-order chi connectivity index (χ0) is 23.4. The van der Waals surface area contributed by atoms with Gasteiger partial charge in [0.05, 0.1) is 23.4 Å². The summed E-state index contributed by atoms with van der Waals surface area (Å²) in [6.07, 6.45) is 0. The van der Waals surface area contributed by atoms with Crippen molar-refractivity contribution in [2.75, 3.05) is 12.4 Å². The zero-order valence-corrected chi connectivity index (χ0v) is 18.5. The Morgan fingerprint density at radius 3 is 2.55 bits per heavy atom. The second-order valence-electron chi connectivity index (χ2n) is 7.33. The number of carbonyl (C=O) groups is 1. The molecular weight excluding hydrogens is 445 g/mol. The Balaban J connectivity index is 1.68. The van der Waals surface area contributed by atoms with E-state index >= 15 is 0 Å². The second-order valence-corrected chi connectivity index (χ2v) is 7.73. The van der Waals surface area contributed by atoms with Crippen molar-refractivity contribution in [1.29, 1.82) is 0 Å². The molecule has 4 aromatic rings. The van der Waals surface area contributed by atoms with Gasteiger partial charge in [0.1, 0.15) is 23.9 Å². The lowest BCUT2D eigenvalue weighted by Crippen LogP contribution is -2.07. The van der Waals surface area contributed by atoms with E-state index in [-0.39, 0.29) is 17.7 Å². The van der Waals surface area contributed by atoms with Crippen LogP contribution in [0.5, 0.6) is 11.5 Å². The summed E-state index contributed by atoms with van der Waals surface area (Å²) in [6.45, 7) is 0.287. The van der Waals surface area contributed by atoms with Gasteiger partial charge in [0.2, 0.25) is 0 Å². The third kappa shape index (κ3) is 4.86. The lowest BCUT2D eigenvalue weighted by molar-refractivity contribution is 0.0697. The van der Waals surface area contributed by atoms with Crippen molar-refractivity contribution in [2.45, 2.75) is 13.2 Å². The highest BCUT2D eigenvalue weighted by molar-refractivity contribution is 6.31. The van der Waals surface area contributed by atoms with Crippen LogP contribution in [0.3, 0.4) is 0 Å². The smallest absolute Gasteiger partial charge is 0.335 e. The molecule has 33 heavy (non-hydrogen) atoms. The molecule has 0 aliphatic heterocycles. The van der Waals surface area contributed by atoms with Crippen LogP contribution in [0.15, 0.2) is 72.8 Å². The predicted molar refractivity (Wildman–Crippen MR) is 127 cm³/mol. The predicted octanol–water partition coefficient (Wildman–Crippen LogP) is 6.53. The molecule has 0 fully saturated rings. The summed E-state index contributed by atoms with van der Waals surface area (Å²) in [5.41, 5.74) is 1.79. The zero-order valence-electron chi connectivity index (χ0n) is 17.8. The van der Waals surface area contributed by atoms with Crippen molar-refractivity contribution in [3.8, 4) is 11.5 Å². The minimum absolute atomic E-state index is 0.0331. The van der Waals surface area contributed by atoms with E-state index in [9.17, 15) is 14.3 Å². The van der Waals surface area contributed by atoms with Crippen LogP contribution in [0.2, 0.25) is 5.02 Å². The van der Waals surface area contributed by atoms with Crippen LogP contribution in [0.4, 0.5) is 10.1 Å². The van der Waals surface area contributed by atoms with Gasteiger partial charge >= 0.3 is 5.97 Å². The molecule has 0 spiro atoms. The van der Waals surface area contributed by atoms with Crippen LogP contribution in [-0.4, -0.2) is 18.2 Å². The maximum Gasteiger partial charge on any atom is 0.335 e. The van der Waals surface area contributed by atoms with Crippen LogP contribution in [0, 0.1) is 5.82 Å². The van der Waals surface area contributed by atoms with Gasteiger partial charge in [0.15, 0.2) is 0 Å². The number of methoxy groups -OCH3 is 1. The number of benzene rings is 4. The van der Waals surface area contributed by atoms with Gasteiger partial charge in [-0.2, -0.15) is 0 Å². The van der Waals surface area contributed by atoms with Gasteiger partial charge in [0.25, 0.3) is 0 Å². The Hall–Kier alpha value is -3.77. The van der Waals surface area contributed by atoms with Crippen LogP contribution >= 0.6 is 11.6 Å². The van der Waals surface area contributed by atoms with E-state index in [1.54, 1.807) is 18.2 Å². The van der Waals surface area contributed by atoms with Crippen LogP contribution in [0.25, 0.3) is 10.8 Å². The molecule has 0 heterocycles. The Labute approximate surface area is 195 Å². The molecular formula is C26H21ClFNO4. The van der Waals surface area contributed by atoms with Crippen molar-refractivity contribution in [1.82, 2.24) is 0 Å². The fourth-order valence-corrected chi connectivity index (χ4v) is 3.83. The van der Waals surface area contributed by atoms with Crippen molar-refractivity contribution >= 4 is 34.0 Å². The van der Waals surface area contributed by atoms with Crippen molar-refractivity contribution < 1.29 is 23.8 Å². The molecule has 0 atom stereocenters. The number of ether oxygens (including phenoxy) is 2. The maximum atomic E-state index is 14.2. The van der Waals surface area contributed by atoms with Gasteiger partial charge in [-0.3, -0.25) is 0 Å². The topological polar surface area (TPSA) is 67.8 Å². The van der Waals surface area contributed by atoms with E-state index < -0.39 is 11.8 Å². The Bertz CT molecular complexity index is 1300. The number of hydrogen-bond acceptors (Lipinski definition) is 4. The summed E-state index contributed by atoms with van der Waals surface area (Å²) >= 11 is 6.15. The van der Waals surface area contributed by atoms with E-state index in [1.165, 1.54) is 25.3 Å². The standard InChI is InChI=1S/C26H21ClFNO4/c1-32-25-12-10-17(26(30)31)13-23(25)29-14-19-18-6-3-2-5-16(18)9-11-24(19)33-15-20-21(27)7-4-8-22(20)28/h2-13,29H,14-15H2,1H3,(H,30,31). The summed E-state index contributed by atoms with van der Waals surface area (Å²) in [7, 11) is 1.52. The Morgan fingerprint density at radius 1 is 1.00 bits per heavy atom. The van der Waals surface area contributed by atoms with Crippen molar-refractivity contribution in [2.24, 2.45) is 0 Å². The first kappa shape index (κ1) is 22.4. The highest BCUT2D eigenvalue weighted by Crippen LogP contribution is 2.32. The molecule has 0 aromatic heterocycles. The van der Waals surface area contributed by atoms with Crippen LogP contribution in [0.1, 0.15) is 21.5 Å². The molecule has 0 aliphatic carbocycles. The van der Waals surface area contributed by atoms with Gasteiger partial charge in [-0.1, -0.05) is 48.0 Å². The molecule has 0 aliphatic rings. The number of rotatable bonds is 8. The average Bonchev–Trinajstić information content (AvgIpc) is 2.82. The van der Waals surface area contributed by atoms with Gasteiger partial charge in [-0.05, 0) is 47.2 Å². The highest BCUT2D eigenvalue weighted by atomic mass is 35.5.